The van der Waals surface area contributed by atoms with Crippen molar-refractivity contribution >= 4 is 5.82 Å². The number of β-amino-alcohol motifs (C(OH)–C–C–N with tert-alkyl or cyclic N) is 1. The Morgan fingerprint density at radius 2 is 1.84 bits per heavy atom. The number of hydrogen-bond donors (Lipinski definition) is 1. The van der Waals surface area contributed by atoms with Crippen molar-refractivity contribution < 1.29 is 5.11 Å². The highest BCUT2D eigenvalue weighted by atomic mass is 16.3. The number of aliphatic hydroxyl groups excluding tert-OH is 1. The van der Waals surface area contributed by atoms with Crippen LogP contribution in [0.5, 0.6) is 0 Å². The summed E-state index contributed by atoms with van der Waals surface area (Å²) in [6.45, 7) is 5.42. The number of aromatic nitrogens is 2. The van der Waals surface area contributed by atoms with Crippen molar-refractivity contribution in [1.29, 1.82) is 0 Å². The first kappa shape index (κ1) is 17.8. The van der Waals surface area contributed by atoms with Gasteiger partial charge in [-0.15, -0.1) is 0 Å². The van der Waals surface area contributed by atoms with E-state index in [1.54, 1.807) is 6.20 Å². The molecule has 6 nitrogen and oxygen atoms in total. The van der Waals surface area contributed by atoms with Crippen molar-refractivity contribution in [1.82, 2.24) is 19.8 Å². The molecule has 1 aromatic heterocycles. The van der Waals surface area contributed by atoms with Crippen LogP contribution in [0.1, 0.15) is 0 Å². The lowest BCUT2D eigenvalue weighted by atomic mass is 10.2. The standard InChI is InChI=1S/C19H27N5O/c1-22-10-12-24(13-11-22)15-17(25)14-23(2)18-8-9-20-19(21-18)16-6-4-3-5-7-16/h3-9,17,25H,10-15H2,1-2H3. The van der Waals surface area contributed by atoms with E-state index in [4.69, 9.17) is 0 Å². The minimum atomic E-state index is -0.399. The third kappa shape index (κ3) is 4.98. The summed E-state index contributed by atoms with van der Waals surface area (Å²) in [6, 6.07) is 11.8. The Labute approximate surface area is 149 Å². The number of aliphatic hydroxyl groups is 1. The number of benzene rings is 1. The fourth-order valence-electron chi connectivity index (χ4n) is 3.08. The Kier molecular flexibility index (Phi) is 5.96. The lowest BCUT2D eigenvalue weighted by molar-refractivity contribution is 0.0842. The second-order valence-electron chi connectivity index (χ2n) is 6.74. The smallest absolute Gasteiger partial charge is 0.161 e. The topological polar surface area (TPSA) is 55.7 Å². The highest BCUT2D eigenvalue weighted by Gasteiger charge is 2.18. The van der Waals surface area contributed by atoms with Crippen molar-refractivity contribution in [2.24, 2.45) is 0 Å². The molecule has 1 N–H and O–H groups in total. The van der Waals surface area contributed by atoms with Crippen LogP contribution in [0.15, 0.2) is 42.6 Å². The Hall–Kier alpha value is -2.02. The number of rotatable bonds is 6. The van der Waals surface area contributed by atoms with Crippen molar-refractivity contribution in [2.45, 2.75) is 6.10 Å². The van der Waals surface area contributed by atoms with Crippen molar-refractivity contribution in [3.8, 4) is 11.4 Å². The van der Waals surface area contributed by atoms with E-state index in [2.05, 4.69) is 26.8 Å². The third-order valence-electron chi connectivity index (χ3n) is 4.61. The van der Waals surface area contributed by atoms with Crippen LogP contribution in [0.25, 0.3) is 11.4 Å². The summed E-state index contributed by atoms with van der Waals surface area (Å²) in [5.74, 6) is 1.53. The maximum absolute atomic E-state index is 10.4. The van der Waals surface area contributed by atoms with Gasteiger partial charge in [0.1, 0.15) is 5.82 Å². The first-order chi connectivity index (χ1) is 12.1. The average molecular weight is 341 g/mol. The molecule has 134 valence electrons. The van der Waals surface area contributed by atoms with E-state index in [1.165, 1.54) is 0 Å². The lowest BCUT2D eigenvalue weighted by Gasteiger charge is -2.34. The van der Waals surface area contributed by atoms with Gasteiger partial charge in [-0.25, -0.2) is 9.97 Å². The van der Waals surface area contributed by atoms with Crippen molar-refractivity contribution in [3.63, 3.8) is 0 Å². The van der Waals surface area contributed by atoms with Crippen molar-refractivity contribution in [3.05, 3.63) is 42.6 Å². The molecular formula is C19H27N5O. The molecule has 1 aliphatic rings. The molecule has 0 saturated carbocycles. The number of likely N-dealkylation sites (N-methyl/N-ethyl adjacent to an activating group) is 2. The number of piperazine rings is 1. The average Bonchev–Trinajstić information content (AvgIpc) is 2.64. The normalized spacial score (nSPS) is 17.4. The largest absolute Gasteiger partial charge is 0.390 e. The lowest BCUT2D eigenvalue weighted by Crippen LogP contribution is -2.48. The van der Waals surface area contributed by atoms with Gasteiger partial charge in [0.15, 0.2) is 5.82 Å². The first-order valence-electron chi connectivity index (χ1n) is 8.80. The summed E-state index contributed by atoms with van der Waals surface area (Å²) in [6.07, 6.45) is 1.37. The fraction of sp³-hybridized carbons (Fsp3) is 0.474. The zero-order valence-corrected chi connectivity index (χ0v) is 15.0. The fourth-order valence-corrected chi connectivity index (χ4v) is 3.08. The maximum Gasteiger partial charge on any atom is 0.161 e. The molecule has 0 amide bonds. The van der Waals surface area contributed by atoms with Gasteiger partial charge in [0.25, 0.3) is 0 Å². The van der Waals surface area contributed by atoms with Crippen LogP contribution in [0, 0.1) is 0 Å². The summed E-state index contributed by atoms with van der Waals surface area (Å²) in [7, 11) is 4.10. The van der Waals surface area contributed by atoms with Gasteiger partial charge in [-0.05, 0) is 13.1 Å². The van der Waals surface area contributed by atoms with Crippen LogP contribution < -0.4 is 4.90 Å². The molecule has 3 rings (SSSR count). The quantitative estimate of drug-likeness (QED) is 0.852. The molecule has 0 radical (unpaired) electrons. The molecule has 25 heavy (non-hydrogen) atoms. The van der Waals surface area contributed by atoms with E-state index in [0.717, 1.165) is 37.6 Å². The van der Waals surface area contributed by atoms with Gasteiger partial charge >= 0.3 is 0 Å². The molecule has 0 aliphatic carbocycles. The molecule has 6 heteroatoms. The zero-order chi connectivity index (χ0) is 17.6. The van der Waals surface area contributed by atoms with Crippen LogP contribution in [0.2, 0.25) is 0 Å². The molecule has 1 unspecified atom stereocenters. The second-order valence-corrected chi connectivity index (χ2v) is 6.74. The summed E-state index contributed by atoms with van der Waals surface area (Å²) in [5, 5.41) is 10.4. The molecule has 1 saturated heterocycles. The number of hydrogen-bond acceptors (Lipinski definition) is 6. The summed E-state index contributed by atoms with van der Waals surface area (Å²) in [4.78, 5) is 15.6. The van der Waals surface area contributed by atoms with E-state index in [-0.39, 0.29) is 0 Å². The summed E-state index contributed by atoms with van der Waals surface area (Å²) < 4.78 is 0. The van der Waals surface area contributed by atoms with Gasteiger partial charge in [-0.2, -0.15) is 0 Å². The monoisotopic (exact) mass is 341 g/mol. The molecule has 1 atom stereocenters. The van der Waals surface area contributed by atoms with Gasteiger partial charge in [0.2, 0.25) is 0 Å². The van der Waals surface area contributed by atoms with Crippen LogP contribution in [-0.2, 0) is 0 Å². The molecule has 0 bridgehead atoms. The first-order valence-corrected chi connectivity index (χ1v) is 8.80. The van der Waals surface area contributed by atoms with E-state index >= 15 is 0 Å². The SMILES string of the molecule is CN1CCN(CC(O)CN(C)c2ccnc(-c3ccccc3)n2)CC1. The van der Waals surface area contributed by atoms with Gasteiger partial charge in [0, 0.05) is 58.1 Å². The number of nitrogens with zero attached hydrogens (tertiary/aromatic N) is 5. The molecule has 1 fully saturated rings. The molecule has 0 spiro atoms. The predicted octanol–water partition coefficient (Wildman–Crippen LogP) is 1.19. The summed E-state index contributed by atoms with van der Waals surface area (Å²) in [5.41, 5.74) is 0.996. The molecule has 2 aromatic rings. The minimum Gasteiger partial charge on any atom is -0.390 e. The van der Waals surface area contributed by atoms with Crippen LogP contribution in [-0.4, -0.2) is 84.3 Å². The van der Waals surface area contributed by atoms with Crippen molar-refractivity contribution in [2.75, 3.05) is 58.3 Å². The van der Waals surface area contributed by atoms with Crippen LogP contribution >= 0.6 is 0 Å². The molecule has 1 aromatic carbocycles. The molecule has 1 aliphatic heterocycles. The maximum atomic E-state index is 10.4. The van der Waals surface area contributed by atoms with E-state index in [0.29, 0.717) is 18.9 Å². The van der Waals surface area contributed by atoms with Gasteiger partial charge in [-0.3, -0.25) is 4.90 Å². The van der Waals surface area contributed by atoms with E-state index in [9.17, 15) is 5.11 Å². The van der Waals surface area contributed by atoms with Crippen LogP contribution in [0.4, 0.5) is 5.82 Å². The van der Waals surface area contributed by atoms with Gasteiger partial charge in [-0.1, -0.05) is 30.3 Å². The Morgan fingerprint density at radius 1 is 1.12 bits per heavy atom. The van der Waals surface area contributed by atoms with Crippen LogP contribution in [0.3, 0.4) is 0 Å². The highest BCUT2D eigenvalue weighted by molar-refractivity contribution is 5.56. The zero-order valence-electron chi connectivity index (χ0n) is 15.0. The van der Waals surface area contributed by atoms with E-state index < -0.39 is 6.10 Å². The third-order valence-corrected chi connectivity index (χ3v) is 4.61. The Morgan fingerprint density at radius 3 is 2.56 bits per heavy atom. The predicted molar refractivity (Wildman–Crippen MR) is 101 cm³/mol. The number of anilines is 1. The molecule has 2 heterocycles. The van der Waals surface area contributed by atoms with E-state index in [1.807, 2.05) is 48.3 Å². The molecular weight excluding hydrogens is 314 g/mol. The summed E-state index contributed by atoms with van der Waals surface area (Å²) >= 11 is 0. The Balaban J connectivity index is 1.58. The second kappa shape index (κ2) is 8.38. The van der Waals surface area contributed by atoms with Gasteiger partial charge < -0.3 is 14.9 Å². The Bertz CT molecular complexity index is 658. The highest BCUT2D eigenvalue weighted by Crippen LogP contribution is 2.17. The minimum absolute atomic E-state index is 0.399. The van der Waals surface area contributed by atoms with Gasteiger partial charge in [0.05, 0.1) is 6.10 Å².